The Morgan fingerprint density at radius 3 is 2.35 bits per heavy atom. The Kier molecular flexibility index (Phi) is 6.30. The van der Waals surface area contributed by atoms with Gasteiger partial charge in [-0.25, -0.2) is 0 Å². The van der Waals surface area contributed by atoms with Crippen LogP contribution < -0.4 is 25.2 Å². The molecule has 6 heteroatoms. The van der Waals surface area contributed by atoms with Gasteiger partial charge in [0.2, 0.25) is 0 Å². The van der Waals surface area contributed by atoms with Gasteiger partial charge in [-0.05, 0) is 54.2 Å². The molecular formula is C20H27N4OS+. The fourth-order valence-electron chi connectivity index (χ4n) is 3.00. The lowest BCUT2D eigenvalue weighted by Gasteiger charge is -2.31. The molecule has 2 aromatic rings. The Balaban J connectivity index is 1.47. The summed E-state index contributed by atoms with van der Waals surface area (Å²) < 4.78 is 5.17. The molecule has 0 spiro atoms. The van der Waals surface area contributed by atoms with Crippen LogP contribution >= 0.6 is 12.2 Å². The van der Waals surface area contributed by atoms with E-state index in [9.17, 15) is 0 Å². The van der Waals surface area contributed by atoms with Crippen molar-refractivity contribution in [2.24, 2.45) is 0 Å². The van der Waals surface area contributed by atoms with Crippen LogP contribution in [0.1, 0.15) is 5.56 Å². The summed E-state index contributed by atoms with van der Waals surface area (Å²) in [6.07, 6.45) is 0. The van der Waals surface area contributed by atoms with Crippen LogP contribution in [-0.2, 0) is 6.54 Å². The zero-order valence-corrected chi connectivity index (χ0v) is 16.2. The van der Waals surface area contributed by atoms with Crippen LogP contribution in [0.5, 0.6) is 5.75 Å². The van der Waals surface area contributed by atoms with Gasteiger partial charge in [0.25, 0.3) is 0 Å². The van der Waals surface area contributed by atoms with E-state index in [0.717, 1.165) is 30.1 Å². The standard InChI is InChI=1S/C20H26N4OS/c1-23-11-13-24(14-12-23)18-7-5-17(6-8-18)22-20(26)21-15-16-3-9-19(25-2)10-4-16/h3-10H,11-15H2,1-2H3,(H2,21,22,26)/p+1. The number of ether oxygens (including phenoxy) is 1. The number of anilines is 2. The number of nitrogens with one attached hydrogen (secondary N) is 3. The molecule has 1 aliphatic rings. The van der Waals surface area contributed by atoms with Crippen molar-refractivity contribution in [2.45, 2.75) is 6.54 Å². The molecule has 0 bridgehead atoms. The van der Waals surface area contributed by atoms with Gasteiger partial charge in [0.05, 0.1) is 40.3 Å². The van der Waals surface area contributed by atoms with E-state index in [2.05, 4.69) is 46.8 Å². The van der Waals surface area contributed by atoms with Gasteiger partial charge in [-0.3, -0.25) is 0 Å². The van der Waals surface area contributed by atoms with Gasteiger partial charge in [-0.15, -0.1) is 0 Å². The topological polar surface area (TPSA) is 41.0 Å². The smallest absolute Gasteiger partial charge is 0.171 e. The molecular weight excluding hydrogens is 344 g/mol. The predicted molar refractivity (Wildman–Crippen MR) is 111 cm³/mol. The number of rotatable bonds is 5. The van der Waals surface area contributed by atoms with E-state index >= 15 is 0 Å². The highest BCUT2D eigenvalue weighted by Crippen LogP contribution is 2.18. The molecule has 0 saturated carbocycles. The minimum absolute atomic E-state index is 0.622. The molecule has 0 radical (unpaired) electrons. The van der Waals surface area contributed by atoms with E-state index in [1.54, 1.807) is 12.0 Å². The molecule has 3 rings (SSSR count). The minimum Gasteiger partial charge on any atom is -0.497 e. The number of thiocarbonyl (C=S) groups is 1. The second kappa shape index (κ2) is 8.87. The van der Waals surface area contributed by atoms with E-state index in [1.165, 1.54) is 18.8 Å². The van der Waals surface area contributed by atoms with E-state index < -0.39 is 0 Å². The Bertz CT molecular complexity index is 710. The number of hydrogen-bond acceptors (Lipinski definition) is 3. The van der Waals surface area contributed by atoms with E-state index in [-0.39, 0.29) is 0 Å². The predicted octanol–water partition coefficient (Wildman–Crippen LogP) is 1.52. The molecule has 1 fully saturated rings. The van der Waals surface area contributed by atoms with Gasteiger partial charge >= 0.3 is 0 Å². The first kappa shape index (κ1) is 18.5. The number of likely N-dealkylation sites (N-methyl/N-ethyl adjacent to an activating group) is 1. The Morgan fingerprint density at radius 1 is 1.08 bits per heavy atom. The summed E-state index contributed by atoms with van der Waals surface area (Å²) in [5, 5.41) is 7.10. The highest BCUT2D eigenvalue weighted by Gasteiger charge is 2.16. The zero-order chi connectivity index (χ0) is 18.4. The summed E-state index contributed by atoms with van der Waals surface area (Å²) in [5.41, 5.74) is 3.43. The fraction of sp³-hybridized carbons (Fsp3) is 0.350. The second-order valence-corrected chi connectivity index (χ2v) is 7.06. The first-order valence-corrected chi connectivity index (χ1v) is 9.39. The van der Waals surface area contributed by atoms with Crippen LogP contribution in [0.4, 0.5) is 11.4 Å². The normalized spacial score (nSPS) is 14.8. The maximum atomic E-state index is 5.39. The third kappa shape index (κ3) is 5.09. The van der Waals surface area contributed by atoms with E-state index in [0.29, 0.717) is 11.7 Å². The molecule has 2 aromatic carbocycles. The summed E-state index contributed by atoms with van der Waals surface area (Å²) in [4.78, 5) is 4.05. The molecule has 5 nitrogen and oxygen atoms in total. The molecule has 0 unspecified atom stereocenters. The van der Waals surface area contributed by atoms with Gasteiger partial charge in [0.15, 0.2) is 5.11 Å². The highest BCUT2D eigenvalue weighted by atomic mass is 32.1. The third-order valence-corrected chi connectivity index (χ3v) is 4.97. The Labute approximate surface area is 160 Å². The number of nitrogens with zero attached hydrogens (tertiary/aromatic N) is 1. The quantitative estimate of drug-likeness (QED) is 0.696. The molecule has 0 aliphatic carbocycles. The number of benzene rings is 2. The molecule has 1 aliphatic heterocycles. The van der Waals surface area contributed by atoms with Gasteiger partial charge < -0.3 is 25.2 Å². The summed E-state index contributed by atoms with van der Waals surface area (Å²) in [5.74, 6) is 0.858. The van der Waals surface area contributed by atoms with Crippen LogP contribution in [-0.4, -0.2) is 45.4 Å². The van der Waals surface area contributed by atoms with Crippen molar-refractivity contribution >= 4 is 28.7 Å². The zero-order valence-electron chi connectivity index (χ0n) is 15.4. The first-order chi connectivity index (χ1) is 12.6. The van der Waals surface area contributed by atoms with Crippen LogP contribution in [0.15, 0.2) is 48.5 Å². The lowest BCUT2D eigenvalue weighted by Crippen LogP contribution is -3.12. The molecule has 3 N–H and O–H groups in total. The largest absolute Gasteiger partial charge is 0.497 e. The molecule has 0 atom stereocenters. The minimum atomic E-state index is 0.622. The van der Waals surface area contributed by atoms with Crippen molar-refractivity contribution in [1.82, 2.24) is 5.32 Å². The first-order valence-electron chi connectivity index (χ1n) is 8.98. The molecule has 0 amide bonds. The third-order valence-electron chi connectivity index (χ3n) is 4.72. The van der Waals surface area contributed by atoms with E-state index in [1.807, 2.05) is 24.3 Å². The van der Waals surface area contributed by atoms with Crippen molar-refractivity contribution in [3.8, 4) is 5.75 Å². The van der Waals surface area contributed by atoms with Gasteiger partial charge in [-0.2, -0.15) is 0 Å². The summed E-state index contributed by atoms with van der Waals surface area (Å²) in [7, 11) is 3.92. The lowest BCUT2D eigenvalue weighted by atomic mass is 10.2. The van der Waals surface area contributed by atoms with Crippen LogP contribution in [0, 0.1) is 0 Å². The van der Waals surface area contributed by atoms with Crippen LogP contribution in [0.3, 0.4) is 0 Å². The van der Waals surface area contributed by atoms with Gasteiger partial charge in [-0.1, -0.05) is 12.1 Å². The monoisotopic (exact) mass is 371 g/mol. The van der Waals surface area contributed by atoms with Crippen molar-refractivity contribution in [2.75, 3.05) is 50.6 Å². The summed E-state index contributed by atoms with van der Waals surface area (Å²) in [6, 6.07) is 16.5. The summed E-state index contributed by atoms with van der Waals surface area (Å²) >= 11 is 5.39. The average Bonchev–Trinajstić information content (AvgIpc) is 2.68. The van der Waals surface area contributed by atoms with Crippen molar-refractivity contribution in [3.63, 3.8) is 0 Å². The Hall–Kier alpha value is -2.31. The number of methoxy groups -OCH3 is 1. The highest BCUT2D eigenvalue weighted by molar-refractivity contribution is 7.80. The van der Waals surface area contributed by atoms with Crippen molar-refractivity contribution in [1.29, 1.82) is 0 Å². The van der Waals surface area contributed by atoms with Crippen molar-refractivity contribution < 1.29 is 9.64 Å². The van der Waals surface area contributed by atoms with Gasteiger partial charge in [0.1, 0.15) is 5.75 Å². The van der Waals surface area contributed by atoms with Gasteiger partial charge in [0, 0.05) is 17.9 Å². The molecule has 0 aromatic heterocycles. The molecule has 26 heavy (non-hydrogen) atoms. The maximum Gasteiger partial charge on any atom is 0.171 e. The molecule has 1 heterocycles. The Morgan fingerprint density at radius 2 is 1.73 bits per heavy atom. The number of quaternary nitrogens is 1. The molecule has 1 saturated heterocycles. The SMILES string of the molecule is COc1ccc(CNC(=S)Nc2ccc(N3CC[NH+](C)CC3)cc2)cc1. The average molecular weight is 372 g/mol. The maximum absolute atomic E-state index is 5.39. The van der Waals surface area contributed by atoms with Crippen LogP contribution in [0.2, 0.25) is 0 Å². The number of hydrogen-bond donors (Lipinski definition) is 3. The van der Waals surface area contributed by atoms with E-state index in [4.69, 9.17) is 17.0 Å². The van der Waals surface area contributed by atoms with Crippen LogP contribution in [0.25, 0.3) is 0 Å². The number of piperazine rings is 1. The second-order valence-electron chi connectivity index (χ2n) is 6.65. The fourth-order valence-corrected chi connectivity index (χ4v) is 3.19. The lowest BCUT2D eigenvalue weighted by molar-refractivity contribution is -0.880. The summed E-state index contributed by atoms with van der Waals surface area (Å²) in [6.45, 7) is 5.29. The van der Waals surface area contributed by atoms with Crippen molar-refractivity contribution in [3.05, 3.63) is 54.1 Å². The molecule has 138 valence electrons.